The number of aliphatic hydroxyl groups is 1. The van der Waals surface area contributed by atoms with E-state index < -0.39 is 6.10 Å². The van der Waals surface area contributed by atoms with Crippen LogP contribution in [-0.4, -0.2) is 34.1 Å². The van der Waals surface area contributed by atoms with E-state index in [4.69, 9.17) is 0 Å². The molecule has 0 amide bonds. The second-order valence-corrected chi connectivity index (χ2v) is 8.11. The average molecular weight is 338 g/mol. The fraction of sp³-hybridized carbons (Fsp3) is 0.591. The molecule has 4 unspecified atom stereocenters. The van der Waals surface area contributed by atoms with E-state index in [1.165, 1.54) is 37.8 Å². The van der Waals surface area contributed by atoms with Crippen molar-refractivity contribution in [2.75, 3.05) is 13.1 Å². The molecule has 2 aromatic rings. The quantitative estimate of drug-likeness (QED) is 0.873. The molecule has 0 saturated carbocycles. The molecule has 1 N–H and O–H groups in total. The van der Waals surface area contributed by atoms with Gasteiger partial charge < -0.3 is 5.11 Å². The van der Waals surface area contributed by atoms with Crippen LogP contribution in [0.15, 0.2) is 30.5 Å². The smallest absolute Gasteiger partial charge is 0.0952 e. The lowest BCUT2D eigenvalue weighted by Gasteiger charge is -2.51. The zero-order valence-electron chi connectivity index (χ0n) is 15.5. The molecule has 0 spiro atoms. The van der Waals surface area contributed by atoms with Gasteiger partial charge in [-0.3, -0.25) is 9.88 Å². The maximum Gasteiger partial charge on any atom is 0.0952 e. The maximum absolute atomic E-state index is 11.2. The normalized spacial score (nSPS) is 29.9. The molecule has 3 nitrogen and oxygen atoms in total. The van der Waals surface area contributed by atoms with Gasteiger partial charge in [-0.25, -0.2) is 0 Å². The second-order valence-electron chi connectivity index (χ2n) is 8.11. The van der Waals surface area contributed by atoms with Crippen LogP contribution in [-0.2, 0) is 0 Å². The van der Waals surface area contributed by atoms with E-state index in [2.05, 4.69) is 41.9 Å². The first-order valence-corrected chi connectivity index (χ1v) is 9.94. The summed E-state index contributed by atoms with van der Waals surface area (Å²) in [4.78, 5) is 7.04. The molecule has 0 aliphatic carbocycles. The van der Waals surface area contributed by atoms with Crippen molar-refractivity contribution >= 4 is 10.9 Å². The Hall–Kier alpha value is -1.45. The van der Waals surface area contributed by atoms with Gasteiger partial charge in [0.1, 0.15) is 0 Å². The van der Waals surface area contributed by atoms with Gasteiger partial charge in [-0.05, 0) is 68.3 Å². The van der Waals surface area contributed by atoms with Gasteiger partial charge in [-0.15, -0.1) is 0 Å². The second kappa shape index (κ2) is 7.05. The number of hydrogen-bond acceptors (Lipinski definition) is 3. The number of rotatable bonds is 5. The Morgan fingerprint density at radius 2 is 2.20 bits per heavy atom. The number of aromatic nitrogens is 1. The molecule has 25 heavy (non-hydrogen) atoms. The van der Waals surface area contributed by atoms with Crippen LogP contribution >= 0.6 is 0 Å². The van der Waals surface area contributed by atoms with Crippen molar-refractivity contribution in [3.05, 3.63) is 41.6 Å². The van der Waals surface area contributed by atoms with Crippen LogP contribution in [0.25, 0.3) is 10.9 Å². The van der Waals surface area contributed by atoms with E-state index in [-0.39, 0.29) is 6.04 Å². The Kier molecular flexibility index (Phi) is 4.79. The van der Waals surface area contributed by atoms with Crippen LogP contribution in [0.4, 0.5) is 0 Å². The molecule has 2 bridgehead atoms. The molecule has 3 saturated heterocycles. The summed E-state index contributed by atoms with van der Waals surface area (Å²) < 4.78 is 0. The fourth-order valence-electron chi connectivity index (χ4n) is 5.05. The molecule has 3 heteroatoms. The molecule has 5 atom stereocenters. The van der Waals surface area contributed by atoms with E-state index in [1.54, 1.807) is 0 Å². The van der Waals surface area contributed by atoms with Crippen molar-refractivity contribution < 1.29 is 5.11 Å². The predicted octanol–water partition coefficient (Wildman–Crippen LogP) is 4.48. The Labute approximate surface area is 151 Å². The lowest BCUT2D eigenvalue weighted by molar-refractivity contribution is -0.0576. The largest absolute Gasteiger partial charge is 0.387 e. The molecule has 3 fully saturated rings. The molecule has 3 aliphatic rings. The molecule has 1 aromatic heterocycles. The molecule has 5 rings (SSSR count). The summed E-state index contributed by atoms with van der Waals surface area (Å²) in [6.45, 7) is 6.71. The number of nitrogens with zero attached hydrogens (tertiary/aromatic N) is 2. The first kappa shape index (κ1) is 17.0. The number of pyridine rings is 1. The summed E-state index contributed by atoms with van der Waals surface area (Å²) in [5.41, 5.74) is 3.26. The predicted molar refractivity (Wildman–Crippen MR) is 103 cm³/mol. The van der Waals surface area contributed by atoms with Gasteiger partial charge in [-0.2, -0.15) is 0 Å². The Morgan fingerprint density at radius 3 is 2.96 bits per heavy atom. The highest BCUT2D eigenvalue weighted by atomic mass is 16.3. The summed E-state index contributed by atoms with van der Waals surface area (Å²) in [6.07, 6.45) is 7.88. The number of aryl methyl sites for hydroxylation is 1. The van der Waals surface area contributed by atoms with E-state index in [9.17, 15) is 5.11 Å². The molecule has 0 radical (unpaired) electrons. The van der Waals surface area contributed by atoms with Gasteiger partial charge in [0, 0.05) is 24.2 Å². The first-order chi connectivity index (χ1) is 12.2. The zero-order valence-corrected chi connectivity index (χ0v) is 15.5. The summed E-state index contributed by atoms with van der Waals surface area (Å²) >= 11 is 0. The van der Waals surface area contributed by atoms with Gasteiger partial charge in [0.2, 0.25) is 0 Å². The van der Waals surface area contributed by atoms with Gasteiger partial charge in [0.15, 0.2) is 0 Å². The zero-order chi connectivity index (χ0) is 17.4. The molecule has 4 heterocycles. The van der Waals surface area contributed by atoms with Crippen molar-refractivity contribution in [2.24, 2.45) is 11.8 Å². The topological polar surface area (TPSA) is 36.4 Å². The summed E-state index contributed by atoms with van der Waals surface area (Å²) in [7, 11) is 0. The molecular formula is C22H30N2O. The maximum atomic E-state index is 11.2. The minimum absolute atomic E-state index is 0.266. The van der Waals surface area contributed by atoms with Crippen LogP contribution in [0, 0.1) is 18.8 Å². The van der Waals surface area contributed by atoms with E-state index >= 15 is 0 Å². The number of hydrogen-bond donors (Lipinski definition) is 1. The Balaban J connectivity index is 1.58. The van der Waals surface area contributed by atoms with Crippen LogP contribution in [0.3, 0.4) is 0 Å². The average Bonchev–Trinajstić information content (AvgIpc) is 2.65. The monoisotopic (exact) mass is 338 g/mol. The fourth-order valence-corrected chi connectivity index (χ4v) is 5.05. The molecule has 1 aromatic carbocycles. The number of aliphatic hydroxyl groups excluding tert-OH is 1. The minimum atomic E-state index is -0.415. The highest BCUT2D eigenvalue weighted by molar-refractivity contribution is 5.83. The van der Waals surface area contributed by atoms with Crippen molar-refractivity contribution in [3.8, 4) is 0 Å². The number of piperidine rings is 3. The summed E-state index contributed by atoms with van der Waals surface area (Å²) in [5, 5.41) is 12.4. The lowest BCUT2D eigenvalue weighted by Crippen LogP contribution is -2.55. The van der Waals surface area contributed by atoms with Crippen LogP contribution in [0.1, 0.15) is 56.3 Å². The molecule has 134 valence electrons. The van der Waals surface area contributed by atoms with Crippen LogP contribution < -0.4 is 0 Å². The van der Waals surface area contributed by atoms with Crippen LogP contribution in [0.5, 0.6) is 0 Å². The minimum Gasteiger partial charge on any atom is -0.387 e. The highest BCUT2D eigenvalue weighted by Gasteiger charge is 2.42. The number of unbranched alkanes of at least 4 members (excludes halogenated alkanes) is 1. The molecular weight excluding hydrogens is 308 g/mol. The van der Waals surface area contributed by atoms with E-state index in [0.29, 0.717) is 0 Å². The number of benzene rings is 1. The van der Waals surface area contributed by atoms with Crippen molar-refractivity contribution in [2.45, 2.75) is 58.1 Å². The van der Waals surface area contributed by atoms with Gasteiger partial charge >= 0.3 is 0 Å². The third-order valence-corrected chi connectivity index (χ3v) is 6.48. The third-order valence-electron chi connectivity index (χ3n) is 6.48. The SMILES string of the molecule is CCCCC1CN2CCC1CC2[C@@H](O)c1ccnc2ccc(C)cc12. The van der Waals surface area contributed by atoms with Crippen molar-refractivity contribution in [1.29, 1.82) is 0 Å². The standard InChI is InChI=1S/C22H30N2O/c1-3-4-5-17-14-24-11-9-16(17)13-21(24)22(25)18-8-10-23-20-7-6-15(2)12-19(18)20/h6-8,10,12,16-17,21-22,25H,3-5,9,11,13-14H2,1-2H3/t16?,17?,21?,22-/m0/s1. The van der Waals surface area contributed by atoms with E-state index in [1.807, 2.05) is 12.3 Å². The van der Waals surface area contributed by atoms with Gasteiger partial charge in [-0.1, -0.05) is 31.4 Å². The highest BCUT2D eigenvalue weighted by Crippen LogP contribution is 2.43. The Bertz CT molecular complexity index is 744. The van der Waals surface area contributed by atoms with Crippen LogP contribution in [0.2, 0.25) is 0 Å². The molecule has 3 aliphatic heterocycles. The summed E-state index contributed by atoms with van der Waals surface area (Å²) in [6, 6.07) is 8.61. The third kappa shape index (κ3) is 3.20. The van der Waals surface area contributed by atoms with Gasteiger partial charge in [0.05, 0.1) is 11.6 Å². The van der Waals surface area contributed by atoms with Crippen molar-refractivity contribution in [3.63, 3.8) is 0 Å². The van der Waals surface area contributed by atoms with Crippen molar-refractivity contribution in [1.82, 2.24) is 9.88 Å². The lowest BCUT2D eigenvalue weighted by atomic mass is 9.72. The Morgan fingerprint density at radius 1 is 1.32 bits per heavy atom. The first-order valence-electron chi connectivity index (χ1n) is 9.94. The van der Waals surface area contributed by atoms with E-state index in [0.717, 1.165) is 41.3 Å². The van der Waals surface area contributed by atoms with Gasteiger partial charge in [0.25, 0.3) is 0 Å². The number of fused-ring (bicyclic) bond motifs is 4. The summed E-state index contributed by atoms with van der Waals surface area (Å²) in [5.74, 6) is 1.64.